The Balaban J connectivity index is 3.02. The maximum atomic E-state index is 7.74. The van der Waals surface area contributed by atoms with Crippen LogP contribution in [0.15, 0.2) is 0 Å². The molecule has 0 bridgehead atoms. The van der Waals surface area contributed by atoms with Crippen molar-refractivity contribution in [3.63, 3.8) is 0 Å². The highest BCUT2D eigenvalue weighted by Crippen LogP contribution is 1.61. The molecule has 0 heterocycles. The zero-order valence-electron chi connectivity index (χ0n) is 2.60. The van der Waals surface area contributed by atoms with E-state index in [9.17, 15) is 0 Å². The van der Waals surface area contributed by atoms with Gasteiger partial charge in [0.05, 0.1) is 0 Å². The van der Waals surface area contributed by atoms with Crippen LogP contribution in [0.5, 0.6) is 0 Å². The molecule has 0 saturated heterocycles. The molecule has 0 aromatic heterocycles. The van der Waals surface area contributed by atoms with Crippen molar-refractivity contribution in [2.45, 2.75) is 6.03 Å². The van der Waals surface area contributed by atoms with Gasteiger partial charge in [0.15, 0.2) is 0 Å². The summed E-state index contributed by atoms with van der Waals surface area (Å²) < 4.78 is 0. The van der Waals surface area contributed by atoms with Crippen molar-refractivity contribution in [2.75, 3.05) is 0 Å². The summed E-state index contributed by atoms with van der Waals surface area (Å²) in [4.78, 5) is 0. The first kappa shape index (κ1) is 4.84. The van der Waals surface area contributed by atoms with Gasteiger partial charge in [-0.25, -0.2) is 11.5 Å². The second kappa shape index (κ2) is 0.908. The molecule has 0 aliphatic rings. The third kappa shape index (κ3) is 508. The van der Waals surface area contributed by atoms with Crippen LogP contribution in [0.3, 0.4) is 0 Å². The molecule has 4 heteroatoms. The van der Waals surface area contributed by atoms with Crippen molar-refractivity contribution in [3.05, 3.63) is 0 Å². The Morgan fingerprint density at radius 1 is 1.60 bits per heavy atom. The second-order valence-electron chi connectivity index (χ2n) is 0.825. The largest absolute Gasteiger partial charge is 0.399 e. The molecule has 0 aliphatic carbocycles. The standard InChI is InChI=1S/CH6N2O2/c2-1(3,4)5/h4-5H,2-3H2/p+1. The summed E-state index contributed by atoms with van der Waals surface area (Å²) in [5.41, 5.74) is 8.71. The predicted molar refractivity (Wildman–Crippen MR) is 16.9 cm³/mol. The third-order valence-electron chi connectivity index (χ3n) is 0. The molecule has 0 aliphatic heterocycles. The first-order valence-corrected chi connectivity index (χ1v) is 1.05. The fourth-order valence-electron chi connectivity index (χ4n) is 0. The SMILES string of the molecule is NC(N)(O)[OH2+]. The van der Waals surface area contributed by atoms with Crippen LogP contribution in [0.25, 0.3) is 0 Å². The van der Waals surface area contributed by atoms with E-state index >= 15 is 0 Å². The Labute approximate surface area is 29.0 Å². The van der Waals surface area contributed by atoms with Gasteiger partial charge in [-0.05, 0) is 0 Å². The summed E-state index contributed by atoms with van der Waals surface area (Å²) in [5.74, 6) is 0. The maximum absolute atomic E-state index is 7.74. The smallest absolute Gasteiger partial charge is 0.393 e. The Kier molecular flexibility index (Phi) is 0.879. The molecule has 4 nitrogen and oxygen atoms in total. The van der Waals surface area contributed by atoms with E-state index in [1.807, 2.05) is 0 Å². The monoisotopic (exact) mass is 79.1 g/mol. The molecule has 0 unspecified atom stereocenters. The fraction of sp³-hybridized carbons (Fsp3) is 1.00. The quantitative estimate of drug-likeness (QED) is 0.217. The number of aliphatic hydroxyl groups is 1. The van der Waals surface area contributed by atoms with Gasteiger partial charge in [0.2, 0.25) is 0 Å². The topological polar surface area (TPSA) is 95.2 Å². The maximum Gasteiger partial charge on any atom is 0.399 e. The van der Waals surface area contributed by atoms with Crippen molar-refractivity contribution >= 4 is 0 Å². The van der Waals surface area contributed by atoms with Crippen LogP contribution in [-0.4, -0.2) is 16.2 Å². The van der Waals surface area contributed by atoms with E-state index in [1.165, 1.54) is 0 Å². The van der Waals surface area contributed by atoms with Crippen molar-refractivity contribution in [2.24, 2.45) is 11.5 Å². The molecule has 0 rings (SSSR count). The highest BCUT2D eigenvalue weighted by atomic mass is 16.5. The van der Waals surface area contributed by atoms with Crippen LogP contribution in [0.4, 0.5) is 0 Å². The van der Waals surface area contributed by atoms with Crippen LogP contribution in [-0.2, 0) is 0 Å². The predicted octanol–water partition coefficient (Wildman–Crippen LogP) is -2.77. The lowest BCUT2D eigenvalue weighted by atomic mass is 11.0. The van der Waals surface area contributed by atoms with Gasteiger partial charge in [0, 0.05) is 0 Å². The Morgan fingerprint density at radius 2 is 1.60 bits per heavy atom. The minimum Gasteiger partial charge on any atom is -0.393 e. The molecule has 0 saturated carbocycles. The summed E-state index contributed by atoms with van der Waals surface area (Å²) in [6, 6.07) is -2.25. The molecular formula is CH7N2O2+. The minimum atomic E-state index is -2.25. The summed E-state index contributed by atoms with van der Waals surface area (Å²) in [6.45, 7) is 0. The summed E-state index contributed by atoms with van der Waals surface area (Å²) in [5, 5.41) is 13.8. The van der Waals surface area contributed by atoms with E-state index in [0.717, 1.165) is 0 Å². The van der Waals surface area contributed by atoms with Gasteiger partial charge in [-0.3, -0.25) is 5.11 Å². The molecule has 0 atom stereocenters. The van der Waals surface area contributed by atoms with Crippen LogP contribution < -0.4 is 11.5 Å². The Hall–Kier alpha value is -0.160. The van der Waals surface area contributed by atoms with Crippen LogP contribution in [0.2, 0.25) is 0 Å². The average molecular weight is 79.1 g/mol. The van der Waals surface area contributed by atoms with Gasteiger partial charge in [0.25, 0.3) is 0 Å². The van der Waals surface area contributed by atoms with Crippen LogP contribution >= 0.6 is 0 Å². The highest BCUT2D eigenvalue weighted by molar-refractivity contribution is 4.29. The molecule has 0 aromatic rings. The zero-order chi connectivity index (χ0) is 4.50. The molecule has 5 heavy (non-hydrogen) atoms. The molecule has 32 valence electrons. The molecule has 0 aromatic carbocycles. The van der Waals surface area contributed by atoms with E-state index in [-0.39, 0.29) is 0 Å². The fourth-order valence-corrected chi connectivity index (χ4v) is 0. The summed E-state index contributed by atoms with van der Waals surface area (Å²) in [6.07, 6.45) is 0. The Bertz CT molecular complexity index is 23.1. The van der Waals surface area contributed by atoms with Gasteiger partial charge >= 0.3 is 6.03 Å². The average Bonchev–Trinajstić information content (AvgIpc) is 0.722. The first-order chi connectivity index (χ1) is 2.00. The number of rotatable bonds is 0. The molecule has 0 fully saturated rings. The van der Waals surface area contributed by atoms with Crippen LogP contribution in [0, 0.1) is 0 Å². The number of hydrogen-bond acceptors (Lipinski definition) is 3. The van der Waals surface area contributed by atoms with E-state index in [4.69, 9.17) is 10.2 Å². The minimum absolute atomic E-state index is 2.25. The second-order valence-corrected chi connectivity index (χ2v) is 0.825. The molecular weight excluding hydrogens is 72.0 g/mol. The summed E-state index contributed by atoms with van der Waals surface area (Å²) >= 11 is 0. The first-order valence-electron chi connectivity index (χ1n) is 1.05. The van der Waals surface area contributed by atoms with Crippen molar-refractivity contribution < 1.29 is 10.2 Å². The molecule has 0 amide bonds. The van der Waals surface area contributed by atoms with E-state index < -0.39 is 6.03 Å². The van der Waals surface area contributed by atoms with E-state index in [0.29, 0.717) is 0 Å². The zero-order valence-corrected chi connectivity index (χ0v) is 2.60. The number of nitrogens with two attached hydrogens (primary N) is 2. The lowest BCUT2D eigenvalue weighted by Gasteiger charge is -1.97. The van der Waals surface area contributed by atoms with E-state index in [2.05, 4.69) is 11.5 Å². The van der Waals surface area contributed by atoms with Crippen LogP contribution in [0.1, 0.15) is 0 Å². The van der Waals surface area contributed by atoms with Gasteiger partial charge < -0.3 is 5.11 Å². The Morgan fingerprint density at radius 3 is 1.60 bits per heavy atom. The normalized spacial score (nSPS) is 12.0. The van der Waals surface area contributed by atoms with Gasteiger partial charge in [-0.1, -0.05) is 0 Å². The van der Waals surface area contributed by atoms with E-state index in [1.54, 1.807) is 0 Å². The van der Waals surface area contributed by atoms with Gasteiger partial charge in [-0.2, -0.15) is 0 Å². The third-order valence-corrected chi connectivity index (χ3v) is 0. The highest BCUT2D eigenvalue weighted by Gasteiger charge is 2.09. The lowest BCUT2D eigenvalue weighted by Crippen LogP contribution is -2.48. The molecule has 0 radical (unpaired) electrons. The summed E-state index contributed by atoms with van der Waals surface area (Å²) in [7, 11) is 0. The van der Waals surface area contributed by atoms with Crippen molar-refractivity contribution in [1.82, 2.24) is 0 Å². The van der Waals surface area contributed by atoms with Gasteiger partial charge in [0.1, 0.15) is 0 Å². The lowest BCUT2D eigenvalue weighted by molar-refractivity contribution is -0.149. The molecule has 0 spiro atoms. The van der Waals surface area contributed by atoms with Gasteiger partial charge in [-0.15, -0.1) is 0 Å². The van der Waals surface area contributed by atoms with Crippen molar-refractivity contribution in [3.8, 4) is 0 Å². The van der Waals surface area contributed by atoms with Crippen molar-refractivity contribution in [1.29, 1.82) is 0 Å². The number of hydrogen-bond donors (Lipinski definition) is 3. The molecule has 7 N–H and O–H groups in total.